The Bertz CT molecular complexity index is 636. The summed E-state index contributed by atoms with van der Waals surface area (Å²) in [7, 11) is 4.92. The molecule has 1 aliphatic heterocycles. The third-order valence-electron chi connectivity index (χ3n) is 5.05. The molecule has 8 heteroatoms. The van der Waals surface area contributed by atoms with Gasteiger partial charge in [-0.05, 0) is 38.0 Å². The van der Waals surface area contributed by atoms with Crippen LogP contribution < -0.4 is 19.5 Å². The molecule has 1 aromatic rings. The minimum Gasteiger partial charge on any atom is -0.493 e. The highest BCUT2D eigenvalue weighted by atomic mass is 16.5. The third kappa shape index (κ3) is 6.95. The van der Waals surface area contributed by atoms with E-state index >= 15 is 0 Å². The minimum atomic E-state index is 0.629. The summed E-state index contributed by atoms with van der Waals surface area (Å²) in [5, 5.41) is 3.42. The molecule has 0 bridgehead atoms. The molecular formula is C22H38N4O4. The molecule has 1 aliphatic rings. The molecule has 0 spiro atoms. The number of guanidine groups is 1. The molecule has 0 saturated carbocycles. The quantitative estimate of drug-likeness (QED) is 0.333. The number of nitrogens with one attached hydrogen (secondary N) is 1. The average molecular weight is 423 g/mol. The van der Waals surface area contributed by atoms with Gasteiger partial charge in [0.25, 0.3) is 0 Å². The van der Waals surface area contributed by atoms with Crippen LogP contribution in [0.5, 0.6) is 17.2 Å². The summed E-state index contributed by atoms with van der Waals surface area (Å²) >= 11 is 0. The summed E-state index contributed by atoms with van der Waals surface area (Å²) in [6.45, 7) is 12.0. The van der Waals surface area contributed by atoms with Gasteiger partial charge in [0.05, 0.1) is 21.3 Å². The Labute approximate surface area is 181 Å². The van der Waals surface area contributed by atoms with Gasteiger partial charge in [-0.1, -0.05) is 0 Å². The molecule has 30 heavy (non-hydrogen) atoms. The van der Waals surface area contributed by atoms with Gasteiger partial charge in [0.2, 0.25) is 5.75 Å². The smallest absolute Gasteiger partial charge is 0.203 e. The van der Waals surface area contributed by atoms with Crippen molar-refractivity contribution in [3.8, 4) is 17.2 Å². The van der Waals surface area contributed by atoms with Crippen LogP contribution in [0.1, 0.15) is 25.8 Å². The maximum atomic E-state index is 5.48. The molecule has 0 amide bonds. The van der Waals surface area contributed by atoms with Crippen LogP contribution in [0.15, 0.2) is 17.1 Å². The van der Waals surface area contributed by atoms with Gasteiger partial charge >= 0.3 is 0 Å². The zero-order chi connectivity index (χ0) is 21.8. The first-order valence-corrected chi connectivity index (χ1v) is 10.8. The molecule has 0 radical (unpaired) electrons. The molecule has 0 aliphatic carbocycles. The molecule has 2 rings (SSSR count). The summed E-state index contributed by atoms with van der Waals surface area (Å²) in [5.74, 6) is 3.02. The summed E-state index contributed by atoms with van der Waals surface area (Å²) < 4.78 is 21.8. The van der Waals surface area contributed by atoms with E-state index in [9.17, 15) is 0 Å². The standard InChI is InChI=1S/C22H38N4O4/c1-6-23-22(24-9-8-14-30-7-2)26-12-10-25(11-13-26)17-18-15-19(27-3)21(29-5)20(16-18)28-4/h15-16H,6-14,17H2,1-5H3,(H,23,24). The molecule has 170 valence electrons. The van der Waals surface area contributed by atoms with Gasteiger partial charge in [0, 0.05) is 59.0 Å². The van der Waals surface area contributed by atoms with Crippen molar-refractivity contribution < 1.29 is 18.9 Å². The van der Waals surface area contributed by atoms with E-state index in [2.05, 4.69) is 22.0 Å². The molecule has 8 nitrogen and oxygen atoms in total. The van der Waals surface area contributed by atoms with Gasteiger partial charge < -0.3 is 29.2 Å². The fraction of sp³-hybridized carbons (Fsp3) is 0.682. The topological polar surface area (TPSA) is 67.8 Å². The Kier molecular flexibility index (Phi) is 10.6. The number of hydrogen-bond donors (Lipinski definition) is 1. The number of aliphatic imine (C=N–C) groups is 1. The lowest BCUT2D eigenvalue weighted by atomic mass is 10.1. The molecule has 1 N–H and O–H groups in total. The SMILES string of the molecule is CCNC(=NCCCOCC)N1CCN(Cc2cc(OC)c(OC)c(OC)c2)CC1. The Morgan fingerprint density at radius 2 is 1.67 bits per heavy atom. The van der Waals surface area contributed by atoms with Crippen molar-refractivity contribution in [2.24, 2.45) is 4.99 Å². The summed E-state index contributed by atoms with van der Waals surface area (Å²) in [4.78, 5) is 9.55. The van der Waals surface area contributed by atoms with Crippen molar-refractivity contribution in [2.75, 3.05) is 73.8 Å². The van der Waals surface area contributed by atoms with Gasteiger partial charge in [-0.15, -0.1) is 0 Å². The van der Waals surface area contributed by atoms with E-state index in [1.54, 1.807) is 21.3 Å². The van der Waals surface area contributed by atoms with Gasteiger partial charge in [-0.25, -0.2) is 0 Å². The summed E-state index contributed by atoms with van der Waals surface area (Å²) in [6, 6.07) is 4.05. The maximum absolute atomic E-state index is 5.48. The Balaban J connectivity index is 1.93. The number of benzene rings is 1. The lowest BCUT2D eigenvalue weighted by Crippen LogP contribution is -2.52. The predicted molar refractivity (Wildman–Crippen MR) is 120 cm³/mol. The van der Waals surface area contributed by atoms with Crippen molar-refractivity contribution in [1.29, 1.82) is 0 Å². The second kappa shape index (κ2) is 13.2. The lowest BCUT2D eigenvalue weighted by molar-refractivity contribution is 0.146. The molecular weight excluding hydrogens is 384 g/mol. The lowest BCUT2D eigenvalue weighted by Gasteiger charge is -2.36. The van der Waals surface area contributed by atoms with Gasteiger partial charge in [-0.2, -0.15) is 0 Å². The number of piperazine rings is 1. The highest BCUT2D eigenvalue weighted by molar-refractivity contribution is 5.80. The number of nitrogens with zero attached hydrogens (tertiary/aromatic N) is 3. The van der Waals surface area contributed by atoms with Gasteiger partial charge in [0.1, 0.15) is 0 Å². The van der Waals surface area contributed by atoms with Crippen LogP contribution in [-0.2, 0) is 11.3 Å². The molecule has 1 fully saturated rings. The zero-order valence-electron chi connectivity index (χ0n) is 19.2. The van der Waals surface area contributed by atoms with E-state index in [4.69, 9.17) is 23.9 Å². The number of methoxy groups -OCH3 is 3. The van der Waals surface area contributed by atoms with Crippen LogP contribution in [0.3, 0.4) is 0 Å². The first-order valence-electron chi connectivity index (χ1n) is 10.8. The van der Waals surface area contributed by atoms with E-state index in [1.165, 1.54) is 0 Å². The number of rotatable bonds is 11. The molecule has 1 saturated heterocycles. The molecule has 1 aromatic carbocycles. The fourth-order valence-corrected chi connectivity index (χ4v) is 3.52. The van der Waals surface area contributed by atoms with Crippen molar-refractivity contribution in [2.45, 2.75) is 26.8 Å². The van der Waals surface area contributed by atoms with Crippen LogP contribution in [0.4, 0.5) is 0 Å². The van der Waals surface area contributed by atoms with E-state index < -0.39 is 0 Å². The van der Waals surface area contributed by atoms with Crippen molar-refractivity contribution >= 4 is 5.96 Å². The normalized spacial score (nSPS) is 15.2. The van der Waals surface area contributed by atoms with Gasteiger partial charge in [0.15, 0.2) is 17.5 Å². The van der Waals surface area contributed by atoms with Crippen LogP contribution in [0, 0.1) is 0 Å². The third-order valence-corrected chi connectivity index (χ3v) is 5.05. The summed E-state index contributed by atoms with van der Waals surface area (Å²) in [6.07, 6.45) is 0.948. The highest BCUT2D eigenvalue weighted by Gasteiger charge is 2.21. The molecule has 1 heterocycles. The van der Waals surface area contributed by atoms with Gasteiger partial charge in [-0.3, -0.25) is 9.89 Å². The first-order chi connectivity index (χ1) is 14.7. The minimum absolute atomic E-state index is 0.629. The van der Waals surface area contributed by atoms with Crippen molar-refractivity contribution in [3.05, 3.63) is 17.7 Å². The highest BCUT2D eigenvalue weighted by Crippen LogP contribution is 2.38. The van der Waals surface area contributed by atoms with E-state index in [0.29, 0.717) is 17.2 Å². The predicted octanol–water partition coefficient (Wildman–Crippen LogP) is 2.22. The fourth-order valence-electron chi connectivity index (χ4n) is 3.52. The van der Waals surface area contributed by atoms with Crippen LogP contribution in [-0.4, -0.2) is 89.6 Å². The average Bonchev–Trinajstić information content (AvgIpc) is 2.78. The van der Waals surface area contributed by atoms with E-state index in [-0.39, 0.29) is 0 Å². The van der Waals surface area contributed by atoms with Crippen molar-refractivity contribution in [1.82, 2.24) is 15.1 Å². The van der Waals surface area contributed by atoms with Crippen LogP contribution in [0.25, 0.3) is 0 Å². The van der Waals surface area contributed by atoms with Crippen LogP contribution >= 0.6 is 0 Å². The second-order valence-corrected chi connectivity index (χ2v) is 7.08. The number of hydrogen-bond acceptors (Lipinski definition) is 6. The molecule has 0 unspecified atom stereocenters. The second-order valence-electron chi connectivity index (χ2n) is 7.08. The molecule has 0 aromatic heterocycles. The Morgan fingerprint density at radius 3 is 2.20 bits per heavy atom. The van der Waals surface area contributed by atoms with E-state index in [0.717, 1.165) is 77.0 Å². The van der Waals surface area contributed by atoms with Crippen molar-refractivity contribution in [3.63, 3.8) is 0 Å². The van der Waals surface area contributed by atoms with Crippen LogP contribution in [0.2, 0.25) is 0 Å². The first kappa shape index (κ1) is 24.1. The largest absolute Gasteiger partial charge is 0.493 e. The number of ether oxygens (including phenoxy) is 4. The zero-order valence-corrected chi connectivity index (χ0v) is 19.2. The summed E-state index contributed by atoms with van der Waals surface area (Å²) in [5.41, 5.74) is 1.15. The Hall–Kier alpha value is -2.19. The van der Waals surface area contributed by atoms with E-state index in [1.807, 2.05) is 19.1 Å². The Morgan fingerprint density at radius 1 is 1.00 bits per heavy atom. The maximum Gasteiger partial charge on any atom is 0.203 e. The monoisotopic (exact) mass is 422 g/mol. The molecule has 0 atom stereocenters.